The Morgan fingerprint density at radius 1 is 1.43 bits per heavy atom. The predicted molar refractivity (Wildman–Crippen MR) is 89.4 cm³/mol. The molecule has 0 aliphatic heterocycles. The molecule has 0 aromatic carbocycles. The minimum Gasteiger partial charge on any atom is -0.395 e. The van der Waals surface area contributed by atoms with E-state index in [2.05, 4.69) is 15.3 Å². The molecular weight excluding hydrogens is 312 g/mol. The third-order valence-corrected chi connectivity index (χ3v) is 4.83. The molecule has 1 amide bonds. The quantitative estimate of drug-likeness (QED) is 0.802. The van der Waals surface area contributed by atoms with E-state index in [4.69, 9.17) is 0 Å². The van der Waals surface area contributed by atoms with Crippen molar-refractivity contribution in [2.75, 3.05) is 25.0 Å². The number of aliphatic hydroxyl groups is 1. The number of aliphatic hydroxyl groups excluding tert-OH is 1. The molecule has 2 N–H and O–H groups in total. The summed E-state index contributed by atoms with van der Waals surface area (Å²) in [6, 6.07) is 3.82. The molecule has 7 heteroatoms. The molecule has 0 fully saturated rings. The zero-order valence-corrected chi connectivity index (χ0v) is 13.7. The van der Waals surface area contributed by atoms with Crippen LogP contribution in [0.1, 0.15) is 22.6 Å². The molecule has 0 saturated heterocycles. The summed E-state index contributed by atoms with van der Waals surface area (Å²) in [6.45, 7) is 1.26. The van der Waals surface area contributed by atoms with E-state index >= 15 is 0 Å². The van der Waals surface area contributed by atoms with Gasteiger partial charge in [-0.05, 0) is 30.9 Å². The van der Waals surface area contributed by atoms with Crippen molar-refractivity contribution in [2.45, 2.75) is 25.8 Å². The second kappa shape index (κ2) is 7.63. The molecule has 2 aromatic rings. The maximum atomic E-state index is 12.2. The molecule has 0 bridgehead atoms. The summed E-state index contributed by atoms with van der Waals surface area (Å²) in [6.07, 6.45) is 6.74. The smallest absolute Gasteiger partial charge is 0.240 e. The molecule has 23 heavy (non-hydrogen) atoms. The van der Waals surface area contributed by atoms with Crippen LogP contribution in [0.5, 0.6) is 0 Å². The first-order valence-electron chi connectivity index (χ1n) is 7.75. The number of thiazole rings is 1. The Labute approximate surface area is 139 Å². The number of fused-ring (bicyclic) bond motifs is 1. The lowest BCUT2D eigenvalue weighted by Gasteiger charge is -2.20. The van der Waals surface area contributed by atoms with Gasteiger partial charge < -0.3 is 10.4 Å². The lowest BCUT2D eigenvalue weighted by molar-refractivity contribution is -0.117. The van der Waals surface area contributed by atoms with Crippen molar-refractivity contribution in [1.29, 1.82) is 0 Å². The summed E-state index contributed by atoms with van der Waals surface area (Å²) in [5.41, 5.74) is 2.15. The molecule has 2 aromatic heterocycles. The summed E-state index contributed by atoms with van der Waals surface area (Å²) >= 11 is 1.57. The molecule has 0 radical (unpaired) electrons. The van der Waals surface area contributed by atoms with E-state index in [0.717, 1.165) is 30.5 Å². The number of anilines is 1. The van der Waals surface area contributed by atoms with Gasteiger partial charge >= 0.3 is 0 Å². The van der Waals surface area contributed by atoms with Crippen LogP contribution < -0.4 is 5.32 Å². The van der Waals surface area contributed by atoms with Crippen molar-refractivity contribution >= 4 is 22.4 Å². The average Bonchev–Trinajstić information content (AvgIpc) is 3.09. The first-order valence-corrected chi connectivity index (χ1v) is 8.57. The predicted octanol–water partition coefficient (Wildman–Crippen LogP) is 1.46. The van der Waals surface area contributed by atoms with Crippen molar-refractivity contribution in [3.63, 3.8) is 0 Å². The molecule has 122 valence electrons. The maximum Gasteiger partial charge on any atom is 0.240 e. The number of aryl methyl sites for hydroxylation is 2. The van der Waals surface area contributed by atoms with Gasteiger partial charge in [-0.2, -0.15) is 0 Å². The molecule has 3 rings (SSSR count). The van der Waals surface area contributed by atoms with Crippen molar-refractivity contribution in [1.82, 2.24) is 14.9 Å². The fourth-order valence-corrected chi connectivity index (χ4v) is 3.78. The topological polar surface area (TPSA) is 78.4 Å². The highest BCUT2D eigenvalue weighted by molar-refractivity contribution is 7.15. The number of nitrogens with one attached hydrogen (secondary N) is 1. The van der Waals surface area contributed by atoms with Gasteiger partial charge in [0.25, 0.3) is 0 Å². The number of amides is 1. The van der Waals surface area contributed by atoms with Crippen LogP contribution in [-0.2, 0) is 24.2 Å². The highest BCUT2D eigenvalue weighted by Crippen LogP contribution is 2.30. The van der Waals surface area contributed by atoms with Crippen LogP contribution in [0.4, 0.5) is 5.13 Å². The van der Waals surface area contributed by atoms with Crippen molar-refractivity contribution in [3.8, 4) is 0 Å². The minimum atomic E-state index is -0.102. The van der Waals surface area contributed by atoms with E-state index in [-0.39, 0.29) is 19.1 Å². The molecule has 6 nitrogen and oxygen atoms in total. The number of aromatic nitrogens is 2. The monoisotopic (exact) mass is 332 g/mol. The Kier molecular flexibility index (Phi) is 5.32. The third-order valence-electron chi connectivity index (χ3n) is 3.75. The molecule has 0 saturated carbocycles. The van der Waals surface area contributed by atoms with E-state index in [1.165, 1.54) is 4.88 Å². The first kappa shape index (κ1) is 16.0. The highest BCUT2D eigenvalue weighted by Gasteiger charge is 2.18. The second-order valence-electron chi connectivity index (χ2n) is 5.59. The second-order valence-corrected chi connectivity index (χ2v) is 6.67. The number of carbonyl (C=O) groups excluding carboxylic acids is 1. The summed E-state index contributed by atoms with van der Waals surface area (Å²) in [4.78, 5) is 24.0. The van der Waals surface area contributed by atoms with Crippen molar-refractivity contribution < 1.29 is 9.90 Å². The van der Waals surface area contributed by atoms with E-state index in [1.54, 1.807) is 23.7 Å². The van der Waals surface area contributed by atoms with Gasteiger partial charge in [0.05, 0.1) is 18.8 Å². The Morgan fingerprint density at radius 3 is 3.09 bits per heavy atom. The molecule has 2 heterocycles. The third kappa shape index (κ3) is 4.34. The molecule has 0 spiro atoms. The van der Waals surface area contributed by atoms with Gasteiger partial charge in [-0.3, -0.25) is 14.7 Å². The zero-order chi connectivity index (χ0) is 16.1. The summed E-state index contributed by atoms with van der Waals surface area (Å²) in [7, 11) is 0. The zero-order valence-electron chi connectivity index (χ0n) is 12.9. The fourth-order valence-electron chi connectivity index (χ4n) is 2.71. The van der Waals surface area contributed by atoms with Gasteiger partial charge in [-0.25, -0.2) is 4.98 Å². The number of hydrogen-bond acceptors (Lipinski definition) is 6. The van der Waals surface area contributed by atoms with Gasteiger partial charge in [0.2, 0.25) is 5.91 Å². The lowest BCUT2D eigenvalue weighted by Crippen LogP contribution is -2.34. The van der Waals surface area contributed by atoms with E-state index in [0.29, 0.717) is 18.2 Å². The van der Waals surface area contributed by atoms with Crippen LogP contribution in [0.3, 0.4) is 0 Å². The lowest BCUT2D eigenvalue weighted by atomic mass is 10.2. The molecule has 1 aliphatic rings. The van der Waals surface area contributed by atoms with Gasteiger partial charge in [0, 0.05) is 30.4 Å². The van der Waals surface area contributed by atoms with Crippen LogP contribution in [0.2, 0.25) is 0 Å². The highest BCUT2D eigenvalue weighted by atomic mass is 32.1. The Balaban J connectivity index is 1.56. The van der Waals surface area contributed by atoms with E-state index < -0.39 is 0 Å². The number of rotatable bonds is 7. The van der Waals surface area contributed by atoms with E-state index in [1.807, 2.05) is 17.0 Å². The summed E-state index contributed by atoms with van der Waals surface area (Å²) in [5.74, 6) is -0.102. The molecule has 0 atom stereocenters. The minimum absolute atomic E-state index is 0.0130. The number of nitrogens with zero attached hydrogens (tertiary/aromatic N) is 3. The SMILES string of the molecule is O=C(CN(CCO)Cc1cccnc1)Nc1nc2c(s1)CCC2. The average molecular weight is 332 g/mol. The van der Waals surface area contributed by atoms with Gasteiger partial charge in [0.1, 0.15) is 0 Å². The maximum absolute atomic E-state index is 12.2. The van der Waals surface area contributed by atoms with Crippen LogP contribution in [0.15, 0.2) is 24.5 Å². The summed E-state index contributed by atoms with van der Waals surface area (Å²) < 4.78 is 0. The number of carbonyl (C=O) groups is 1. The van der Waals surface area contributed by atoms with Crippen LogP contribution >= 0.6 is 11.3 Å². The summed E-state index contributed by atoms with van der Waals surface area (Å²) in [5, 5.41) is 12.8. The Bertz CT molecular complexity index is 638. The standard InChI is InChI=1S/C16H20N4O2S/c21-8-7-20(10-12-3-2-6-17-9-12)11-15(22)19-16-18-13-4-1-5-14(13)23-16/h2-3,6,9,21H,1,4-5,7-8,10-11H2,(H,18,19,22). The normalized spacial score (nSPS) is 13.3. The van der Waals surface area contributed by atoms with Gasteiger partial charge in [-0.1, -0.05) is 6.07 Å². The van der Waals surface area contributed by atoms with Crippen molar-refractivity contribution in [2.24, 2.45) is 0 Å². The largest absolute Gasteiger partial charge is 0.395 e. The van der Waals surface area contributed by atoms with Crippen LogP contribution in [0.25, 0.3) is 0 Å². The fraction of sp³-hybridized carbons (Fsp3) is 0.438. The Morgan fingerprint density at radius 2 is 2.35 bits per heavy atom. The van der Waals surface area contributed by atoms with Gasteiger partial charge in [-0.15, -0.1) is 11.3 Å². The Hall–Kier alpha value is -1.83. The van der Waals surface area contributed by atoms with Crippen LogP contribution in [0, 0.1) is 0 Å². The van der Waals surface area contributed by atoms with E-state index in [9.17, 15) is 9.90 Å². The molecule has 0 unspecified atom stereocenters. The molecule has 1 aliphatic carbocycles. The molecular formula is C16H20N4O2S. The van der Waals surface area contributed by atoms with Crippen molar-refractivity contribution in [3.05, 3.63) is 40.7 Å². The number of pyridine rings is 1. The number of hydrogen-bond donors (Lipinski definition) is 2. The van der Waals surface area contributed by atoms with Crippen LogP contribution in [-0.4, -0.2) is 45.6 Å². The first-order chi connectivity index (χ1) is 11.2. The van der Waals surface area contributed by atoms with Gasteiger partial charge in [0.15, 0.2) is 5.13 Å².